The molecule has 0 aliphatic rings. The van der Waals surface area contributed by atoms with Gasteiger partial charge in [0.05, 0.1) is 17.7 Å². The first-order valence-electron chi connectivity index (χ1n) is 10.3. The maximum absolute atomic E-state index is 13.1. The fraction of sp³-hybridized carbons (Fsp3) is 0.167. The maximum Gasteiger partial charge on any atom is 0.263 e. The van der Waals surface area contributed by atoms with Crippen LogP contribution < -0.4 is 10.9 Å². The third kappa shape index (κ3) is 5.18. The molecule has 0 aliphatic carbocycles. The van der Waals surface area contributed by atoms with Crippen LogP contribution in [-0.4, -0.2) is 45.6 Å². The lowest BCUT2D eigenvalue weighted by Gasteiger charge is -2.17. The van der Waals surface area contributed by atoms with Crippen LogP contribution in [0.4, 0.5) is 10.1 Å². The van der Waals surface area contributed by atoms with E-state index in [0.717, 1.165) is 22.9 Å². The molecule has 0 saturated carbocycles. The summed E-state index contributed by atoms with van der Waals surface area (Å²) in [4.78, 5) is 44.3. The normalized spacial score (nSPS) is 10.9. The molecule has 0 bridgehead atoms. The highest BCUT2D eigenvalue weighted by atomic mass is 32.2. The van der Waals surface area contributed by atoms with Crippen molar-refractivity contribution in [1.82, 2.24) is 14.5 Å². The van der Waals surface area contributed by atoms with Crippen molar-refractivity contribution in [2.45, 2.75) is 5.16 Å². The number of carbonyl (C=O) groups is 2. The van der Waals surface area contributed by atoms with Crippen LogP contribution in [0.1, 0.15) is 0 Å². The number of hydrogen-bond donors (Lipinski definition) is 1. The predicted molar refractivity (Wildman–Crippen MR) is 134 cm³/mol. The summed E-state index contributed by atoms with van der Waals surface area (Å²) in [5.41, 5.74) is 2.06. The zero-order valence-electron chi connectivity index (χ0n) is 18.4. The van der Waals surface area contributed by atoms with Gasteiger partial charge in [-0.15, -0.1) is 11.3 Å². The summed E-state index contributed by atoms with van der Waals surface area (Å²) in [7, 11) is 3.15. The number of thioether (sulfide) groups is 1. The Kier molecular flexibility index (Phi) is 7.09. The predicted octanol–water partition coefficient (Wildman–Crippen LogP) is 3.99. The zero-order valence-corrected chi connectivity index (χ0v) is 20.1. The Balaban J connectivity index is 1.42. The number of rotatable bonds is 7. The smallest absolute Gasteiger partial charge is 0.263 e. The molecule has 2 aromatic heterocycles. The van der Waals surface area contributed by atoms with Gasteiger partial charge in [0.1, 0.15) is 10.6 Å². The molecule has 0 aliphatic heterocycles. The van der Waals surface area contributed by atoms with Gasteiger partial charge < -0.3 is 10.2 Å². The van der Waals surface area contributed by atoms with Gasteiger partial charge in [0.15, 0.2) is 5.16 Å². The summed E-state index contributed by atoms with van der Waals surface area (Å²) >= 11 is 2.53. The fourth-order valence-corrected chi connectivity index (χ4v) is 5.19. The Hall–Kier alpha value is -3.50. The molecule has 2 heterocycles. The Bertz CT molecular complexity index is 1400. The number of halogens is 1. The first-order valence-corrected chi connectivity index (χ1v) is 12.2. The minimum absolute atomic E-state index is 0.0169. The standard InChI is InChI=1S/C24H21FN4O3S2/c1-28(12-19(30)26-17-10-8-16(25)9-11-17)20(31)14-34-24-27-22-21(23(32)29(24)2)18(13-33-22)15-6-4-3-5-7-15/h3-11,13H,12,14H2,1-2H3,(H,26,30). The van der Waals surface area contributed by atoms with Crippen LogP contribution in [0.25, 0.3) is 21.3 Å². The molecule has 1 N–H and O–H groups in total. The fourth-order valence-electron chi connectivity index (χ4n) is 3.29. The number of thiophene rings is 1. The van der Waals surface area contributed by atoms with Gasteiger partial charge in [-0.05, 0) is 29.8 Å². The minimum Gasteiger partial charge on any atom is -0.336 e. The number of benzene rings is 2. The van der Waals surface area contributed by atoms with E-state index in [4.69, 9.17) is 0 Å². The first kappa shape index (κ1) is 23.7. The average Bonchev–Trinajstić information content (AvgIpc) is 3.26. The topological polar surface area (TPSA) is 84.3 Å². The summed E-state index contributed by atoms with van der Waals surface area (Å²) in [6.07, 6.45) is 0. The van der Waals surface area contributed by atoms with Gasteiger partial charge in [-0.2, -0.15) is 0 Å². The van der Waals surface area contributed by atoms with Crippen molar-refractivity contribution in [2.24, 2.45) is 7.05 Å². The summed E-state index contributed by atoms with van der Waals surface area (Å²) < 4.78 is 14.4. The Morgan fingerprint density at radius 3 is 2.56 bits per heavy atom. The van der Waals surface area contributed by atoms with E-state index in [0.29, 0.717) is 21.1 Å². The molecule has 4 rings (SSSR count). The van der Waals surface area contributed by atoms with E-state index in [-0.39, 0.29) is 23.8 Å². The Morgan fingerprint density at radius 2 is 1.85 bits per heavy atom. The van der Waals surface area contributed by atoms with Crippen molar-refractivity contribution in [1.29, 1.82) is 0 Å². The highest BCUT2D eigenvalue weighted by Crippen LogP contribution is 2.31. The molecule has 0 atom stereocenters. The highest BCUT2D eigenvalue weighted by Gasteiger charge is 2.18. The van der Waals surface area contributed by atoms with E-state index in [1.807, 2.05) is 35.7 Å². The van der Waals surface area contributed by atoms with Gasteiger partial charge >= 0.3 is 0 Å². The summed E-state index contributed by atoms with van der Waals surface area (Å²) in [5, 5.41) is 5.52. The molecule has 34 heavy (non-hydrogen) atoms. The van der Waals surface area contributed by atoms with E-state index in [1.165, 1.54) is 52.1 Å². The molecule has 2 aromatic carbocycles. The summed E-state index contributed by atoms with van der Waals surface area (Å²) in [6, 6.07) is 15.0. The second-order valence-corrected chi connectivity index (χ2v) is 9.35. The van der Waals surface area contributed by atoms with E-state index >= 15 is 0 Å². The lowest BCUT2D eigenvalue weighted by Crippen LogP contribution is -2.36. The molecular weight excluding hydrogens is 475 g/mol. The van der Waals surface area contributed by atoms with Crippen LogP contribution in [0.5, 0.6) is 0 Å². The van der Waals surface area contributed by atoms with Crippen LogP contribution in [0, 0.1) is 5.82 Å². The lowest BCUT2D eigenvalue weighted by molar-refractivity contribution is -0.131. The van der Waals surface area contributed by atoms with E-state index < -0.39 is 11.7 Å². The van der Waals surface area contributed by atoms with Crippen molar-refractivity contribution in [2.75, 3.05) is 24.7 Å². The Morgan fingerprint density at radius 1 is 1.15 bits per heavy atom. The van der Waals surface area contributed by atoms with Crippen molar-refractivity contribution in [3.63, 3.8) is 0 Å². The van der Waals surface area contributed by atoms with E-state index in [9.17, 15) is 18.8 Å². The molecular formula is C24H21FN4O3S2. The van der Waals surface area contributed by atoms with Gasteiger partial charge in [-0.3, -0.25) is 19.0 Å². The molecule has 0 spiro atoms. The summed E-state index contributed by atoms with van der Waals surface area (Å²) in [5.74, 6) is -1.07. The number of fused-ring (bicyclic) bond motifs is 1. The summed E-state index contributed by atoms with van der Waals surface area (Å²) in [6.45, 7) is -0.159. The number of likely N-dealkylation sites (N-methyl/N-ethyl adjacent to an activating group) is 1. The average molecular weight is 497 g/mol. The van der Waals surface area contributed by atoms with Gasteiger partial charge in [-0.1, -0.05) is 42.1 Å². The Labute approximate surface area is 203 Å². The molecule has 7 nitrogen and oxygen atoms in total. The quantitative estimate of drug-likeness (QED) is 0.309. The zero-order chi connectivity index (χ0) is 24.2. The molecule has 4 aromatic rings. The largest absolute Gasteiger partial charge is 0.336 e. The highest BCUT2D eigenvalue weighted by molar-refractivity contribution is 7.99. The second-order valence-electron chi connectivity index (χ2n) is 7.55. The molecule has 10 heteroatoms. The number of hydrogen-bond acceptors (Lipinski definition) is 6. The number of amides is 2. The third-order valence-electron chi connectivity index (χ3n) is 5.12. The van der Waals surface area contributed by atoms with Crippen molar-refractivity contribution >= 4 is 50.8 Å². The monoisotopic (exact) mass is 496 g/mol. The lowest BCUT2D eigenvalue weighted by atomic mass is 10.1. The minimum atomic E-state index is -0.401. The van der Waals surface area contributed by atoms with Crippen LogP contribution in [0.15, 0.2) is 69.9 Å². The van der Waals surface area contributed by atoms with Crippen molar-refractivity contribution in [3.05, 3.63) is 76.1 Å². The van der Waals surface area contributed by atoms with Crippen LogP contribution >= 0.6 is 23.1 Å². The molecule has 0 radical (unpaired) electrons. The van der Waals surface area contributed by atoms with Crippen LogP contribution in [-0.2, 0) is 16.6 Å². The van der Waals surface area contributed by atoms with E-state index in [1.54, 1.807) is 7.05 Å². The number of anilines is 1. The number of nitrogens with one attached hydrogen (secondary N) is 1. The number of nitrogens with zero attached hydrogens (tertiary/aromatic N) is 3. The van der Waals surface area contributed by atoms with Gasteiger partial charge in [0, 0.05) is 30.7 Å². The first-order chi connectivity index (χ1) is 16.3. The molecule has 0 saturated heterocycles. The SMILES string of the molecule is CN(CC(=O)Nc1ccc(F)cc1)C(=O)CSc1nc2scc(-c3ccccc3)c2c(=O)n1C. The third-order valence-corrected chi connectivity index (χ3v) is 7.01. The number of aromatic nitrogens is 2. The van der Waals surface area contributed by atoms with E-state index in [2.05, 4.69) is 10.3 Å². The number of carbonyl (C=O) groups excluding carboxylic acids is 2. The van der Waals surface area contributed by atoms with Crippen molar-refractivity contribution in [3.8, 4) is 11.1 Å². The van der Waals surface area contributed by atoms with Gasteiger partial charge in [0.2, 0.25) is 11.8 Å². The van der Waals surface area contributed by atoms with Crippen molar-refractivity contribution < 1.29 is 14.0 Å². The molecule has 0 fully saturated rings. The maximum atomic E-state index is 13.1. The van der Waals surface area contributed by atoms with Crippen LogP contribution in [0.3, 0.4) is 0 Å². The second kappa shape index (κ2) is 10.2. The molecule has 174 valence electrons. The van der Waals surface area contributed by atoms with Gasteiger partial charge in [-0.25, -0.2) is 9.37 Å². The molecule has 2 amide bonds. The van der Waals surface area contributed by atoms with Gasteiger partial charge in [0.25, 0.3) is 5.56 Å². The van der Waals surface area contributed by atoms with Crippen LogP contribution in [0.2, 0.25) is 0 Å². The molecule has 0 unspecified atom stereocenters.